The lowest BCUT2D eigenvalue weighted by Crippen LogP contribution is -2.31. The smallest absolute Gasteiger partial charge is 0.0452 e. The quantitative estimate of drug-likeness (QED) is 0.704. The van der Waals surface area contributed by atoms with Crippen LogP contribution in [0.3, 0.4) is 0 Å². The molecule has 0 aliphatic heterocycles. The van der Waals surface area contributed by atoms with E-state index in [1.807, 2.05) is 12.1 Å². The molecule has 0 amide bonds. The number of aryl methyl sites for hydroxylation is 1. The van der Waals surface area contributed by atoms with Crippen LogP contribution in [0.5, 0.6) is 0 Å². The van der Waals surface area contributed by atoms with Crippen molar-refractivity contribution in [3.8, 4) is 0 Å². The molecule has 1 aliphatic rings. The molecule has 1 N–H and O–H groups in total. The number of hydrogen-bond donors (Lipinski definition) is 1. The molecule has 0 bridgehead atoms. The molecule has 1 nitrogen and oxygen atoms in total. The summed E-state index contributed by atoms with van der Waals surface area (Å²) in [5, 5.41) is 5.21. The molecule has 1 fully saturated rings. The molecule has 19 heavy (non-hydrogen) atoms. The average Bonchev–Trinajstić information content (AvgIpc) is 3.20. The highest BCUT2D eigenvalue weighted by molar-refractivity contribution is 6.35. The predicted octanol–water partition coefficient (Wildman–Crippen LogP) is 5.09. The number of hydrogen-bond acceptors (Lipinski definition) is 1. The third-order valence-electron chi connectivity index (χ3n) is 3.82. The Labute approximate surface area is 126 Å². The number of rotatable bonds is 8. The first-order valence-corrected chi connectivity index (χ1v) is 8.13. The minimum Gasteiger partial charge on any atom is -0.314 e. The van der Waals surface area contributed by atoms with Gasteiger partial charge in [0.1, 0.15) is 0 Å². The van der Waals surface area contributed by atoms with Gasteiger partial charge in [0.05, 0.1) is 0 Å². The van der Waals surface area contributed by atoms with Crippen LogP contribution >= 0.6 is 23.2 Å². The van der Waals surface area contributed by atoms with Gasteiger partial charge in [-0.1, -0.05) is 36.2 Å². The molecule has 1 saturated carbocycles. The molecule has 1 aliphatic carbocycles. The fourth-order valence-electron chi connectivity index (χ4n) is 2.57. The first-order chi connectivity index (χ1) is 9.20. The highest BCUT2D eigenvalue weighted by Gasteiger charge is 2.30. The van der Waals surface area contributed by atoms with Crippen LogP contribution < -0.4 is 5.32 Å². The lowest BCUT2D eigenvalue weighted by atomic mass is 10.0. The first kappa shape index (κ1) is 15.2. The summed E-state index contributed by atoms with van der Waals surface area (Å²) in [4.78, 5) is 0. The van der Waals surface area contributed by atoms with Crippen molar-refractivity contribution in [2.45, 2.75) is 51.5 Å². The molecule has 0 saturated heterocycles. The topological polar surface area (TPSA) is 12.0 Å². The van der Waals surface area contributed by atoms with Gasteiger partial charge >= 0.3 is 0 Å². The number of nitrogens with one attached hydrogen (secondary N) is 1. The number of benzene rings is 1. The maximum Gasteiger partial charge on any atom is 0.0452 e. The Morgan fingerprint density at radius 3 is 2.74 bits per heavy atom. The summed E-state index contributed by atoms with van der Waals surface area (Å²) < 4.78 is 0. The van der Waals surface area contributed by atoms with Crippen molar-refractivity contribution in [1.29, 1.82) is 0 Å². The molecule has 1 unspecified atom stereocenters. The molecule has 1 atom stereocenters. The summed E-state index contributed by atoms with van der Waals surface area (Å²) >= 11 is 12.1. The van der Waals surface area contributed by atoms with E-state index in [4.69, 9.17) is 23.2 Å². The lowest BCUT2D eigenvalue weighted by molar-refractivity contribution is 0.425. The molecule has 0 spiro atoms. The third kappa shape index (κ3) is 4.98. The molecular formula is C16H23Cl2N. The zero-order valence-electron chi connectivity index (χ0n) is 11.6. The molecular weight excluding hydrogens is 277 g/mol. The van der Waals surface area contributed by atoms with Crippen LogP contribution in [0.25, 0.3) is 0 Å². The van der Waals surface area contributed by atoms with Crippen LogP contribution in [0.2, 0.25) is 10.0 Å². The van der Waals surface area contributed by atoms with E-state index in [1.165, 1.54) is 37.7 Å². The van der Waals surface area contributed by atoms with Crippen LogP contribution in [0, 0.1) is 5.92 Å². The van der Waals surface area contributed by atoms with Gasteiger partial charge in [-0.2, -0.15) is 0 Å². The van der Waals surface area contributed by atoms with Crippen LogP contribution in [0.1, 0.15) is 44.6 Å². The van der Waals surface area contributed by atoms with E-state index in [9.17, 15) is 0 Å². The monoisotopic (exact) mass is 299 g/mol. The zero-order valence-corrected chi connectivity index (χ0v) is 13.1. The van der Waals surface area contributed by atoms with Crippen LogP contribution in [0.4, 0.5) is 0 Å². The van der Waals surface area contributed by atoms with E-state index in [0.29, 0.717) is 11.1 Å². The van der Waals surface area contributed by atoms with Gasteiger partial charge in [0, 0.05) is 16.1 Å². The Hall–Kier alpha value is -0.240. The lowest BCUT2D eigenvalue weighted by Gasteiger charge is -2.18. The van der Waals surface area contributed by atoms with E-state index in [2.05, 4.69) is 18.3 Å². The van der Waals surface area contributed by atoms with Crippen molar-refractivity contribution in [3.05, 3.63) is 33.8 Å². The summed E-state index contributed by atoms with van der Waals surface area (Å²) in [7, 11) is 0. The first-order valence-electron chi connectivity index (χ1n) is 7.38. The normalized spacial score (nSPS) is 16.6. The fourth-order valence-corrected chi connectivity index (χ4v) is 3.07. The van der Waals surface area contributed by atoms with E-state index in [-0.39, 0.29) is 0 Å². The Bertz CT molecular complexity index is 402. The van der Waals surface area contributed by atoms with Crippen LogP contribution in [-0.4, -0.2) is 12.6 Å². The van der Waals surface area contributed by atoms with Gasteiger partial charge in [-0.25, -0.2) is 0 Å². The van der Waals surface area contributed by atoms with Crippen molar-refractivity contribution < 1.29 is 0 Å². The minimum atomic E-state index is 0.714. The van der Waals surface area contributed by atoms with Crippen molar-refractivity contribution in [3.63, 3.8) is 0 Å². The second kappa shape index (κ2) is 7.52. The summed E-state index contributed by atoms with van der Waals surface area (Å²) in [6.07, 6.45) is 7.52. The highest BCUT2D eigenvalue weighted by Crippen LogP contribution is 2.35. The van der Waals surface area contributed by atoms with Crippen molar-refractivity contribution in [2.75, 3.05) is 6.54 Å². The SMILES string of the molecule is CCCNC(CCCc1ccc(Cl)cc1Cl)C1CC1. The second-order valence-corrected chi connectivity index (χ2v) is 6.37. The molecule has 0 aromatic heterocycles. The van der Waals surface area contributed by atoms with Crippen molar-refractivity contribution in [1.82, 2.24) is 5.32 Å². The van der Waals surface area contributed by atoms with Gasteiger partial charge in [0.15, 0.2) is 0 Å². The fraction of sp³-hybridized carbons (Fsp3) is 0.625. The standard InChI is InChI=1S/C16H23Cl2N/c1-2-10-19-16(13-6-7-13)5-3-4-12-8-9-14(17)11-15(12)18/h8-9,11,13,16,19H,2-7,10H2,1H3. The maximum atomic E-state index is 6.20. The Balaban J connectivity index is 1.77. The van der Waals surface area contributed by atoms with Crippen LogP contribution in [0.15, 0.2) is 18.2 Å². The summed E-state index contributed by atoms with van der Waals surface area (Å²) in [6, 6.07) is 6.53. The number of halogens is 2. The maximum absolute atomic E-state index is 6.20. The van der Waals surface area contributed by atoms with Crippen molar-refractivity contribution >= 4 is 23.2 Å². The Kier molecular flexibility index (Phi) is 6.00. The van der Waals surface area contributed by atoms with Gasteiger partial charge < -0.3 is 5.32 Å². The Morgan fingerprint density at radius 1 is 1.32 bits per heavy atom. The summed E-state index contributed by atoms with van der Waals surface area (Å²) in [5.41, 5.74) is 1.22. The average molecular weight is 300 g/mol. The molecule has 1 aromatic rings. The molecule has 106 valence electrons. The van der Waals surface area contributed by atoms with Crippen molar-refractivity contribution in [2.24, 2.45) is 5.92 Å². The second-order valence-electron chi connectivity index (χ2n) is 5.53. The van der Waals surface area contributed by atoms with Gasteiger partial charge in [-0.15, -0.1) is 0 Å². The predicted molar refractivity (Wildman–Crippen MR) is 84.2 cm³/mol. The molecule has 3 heteroatoms. The zero-order chi connectivity index (χ0) is 13.7. The molecule has 1 aromatic carbocycles. The highest BCUT2D eigenvalue weighted by atomic mass is 35.5. The Morgan fingerprint density at radius 2 is 2.11 bits per heavy atom. The van der Waals surface area contributed by atoms with Crippen LogP contribution in [-0.2, 0) is 6.42 Å². The van der Waals surface area contributed by atoms with Gasteiger partial charge in [0.2, 0.25) is 0 Å². The molecule has 2 rings (SSSR count). The van der Waals surface area contributed by atoms with E-state index < -0.39 is 0 Å². The van der Waals surface area contributed by atoms with E-state index in [1.54, 1.807) is 0 Å². The third-order valence-corrected chi connectivity index (χ3v) is 4.41. The summed E-state index contributed by atoms with van der Waals surface area (Å²) in [5.74, 6) is 0.923. The van der Waals surface area contributed by atoms with E-state index >= 15 is 0 Å². The molecule has 0 radical (unpaired) electrons. The van der Waals surface area contributed by atoms with Gasteiger partial charge in [-0.05, 0) is 68.7 Å². The van der Waals surface area contributed by atoms with Gasteiger partial charge in [0.25, 0.3) is 0 Å². The summed E-state index contributed by atoms with van der Waals surface area (Å²) in [6.45, 7) is 3.37. The van der Waals surface area contributed by atoms with Gasteiger partial charge in [-0.3, -0.25) is 0 Å². The molecule has 0 heterocycles. The van der Waals surface area contributed by atoms with E-state index in [0.717, 1.165) is 23.9 Å². The largest absolute Gasteiger partial charge is 0.314 e. The minimum absolute atomic E-state index is 0.714.